The molecule has 4 rings (SSSR count). The van der Waals surface area contributed by atoms with E-state index in [9.17, 15) is 0 Å². The Labute approximate surface area is 225 Å². The van der Waals surface area contributed by atoms with Crippen LogP contribution in [-0.4, -0.2) is 33.2 Å². The molecule has 5 heteroatoms. The van der Waals surface area contributed by atoms with Gasteiger partial charge in [-0.3, -0.25) is 0 Å². The SMILES string of the molecule is CC(C)Oc1ccccc1C=P(C1CCCCC1)(C1CCCCC1)C1CCC(Cl)(Cl)CC1.[Ru+2]. The van der Waals surface area contributed by atoms with Gasteiger partial charge in [-0.2, -0.15) is 0 Å². The van der Waals surface area contributed by atoms with E-state index in [-0.39, 0.29) is 25.6 Å². The number of hydrogen-bond donors (Lipinski definition) is 0. The Kier molecular flexibility index (Phi) is 10.8. The van der Waals surface area contributed by atoms with Gasteiger partial charge in [-0.25, -0.2) is 0 Å². The largest absolute Gasteiger partial charge is 2.00 e. The zero-order valence-corrected chi connectivity index (χ0v) is 24.7. The van der Waals surface area contributed by atoms with Gasteiger partial charge in [0.1, 0.15) is 10.1 Å². The van der Waals surface area contributed by atoms with Crippen molar-refractivity contribution in [1.29, 1.82) is 0 Å². The molecule has 0 N–H and O–H groups in total. The van der Waals surface area contributed by atoms with E-state index in [0.717, 1.165) is 35.6 Å². The predicted octanol–water partition coefficient (Wildman–Crippen LogP) is 9.42. The van der Waals surface area contributed by atoms with Crippen molar-refractivity contribution in [3.05, 3.63) is 29.8 Å². The number of hydrogen-bond acceptors (Lipinski definition) is 1. The van der Waals surface area contributed by atoms with Crippen LogP contribution in [0.5, 0.6) is 5.75 Å². The fraction of sp³-hybridized carbons (Fsp3) is 0.750. The number of benzene rings is 1. The molecule has 186 valence electrons. The first kappa shape index (κ1) is 28.1. The van der Waals surface area contributed by atoms with E-state index >= 15 is 0 Å². The van der Waals surface area contributed by atoms with Gasteiger partial charge < -0.3 is 4.74 Å². The summed E-state index contributed by atoms with van der Waals surface area (Å²) in [6, 6.07) is 8.85. The molecule has 0 spiro atoms. The number of para-hydroxylation sites is 1. The second kappa shape index (κ2) is 12.7. The molecule has 0 radical (unpaired) electrons. The Morgan fingerprint density at radius 3 is 1.82 bits per heavy atom. The van der Waals surface area contributed by atoms with Gasteiger partial charge in [-0.1, -0.05) is 69.4 Å². The maximum absolute atomic E-state index is 6.65. The molecule has 0 aliphatic heterocycles. The van der Waals surface area contributed by atoms with Crippen LogP contribution in [0.4, 0.5) is 0 Å². The van der Waals surface area contributed by atoms with Crippen LogP contribution in [0.15, 0.2) is 24.3 Å². The minimum absolute atomic E-state index is 0. The minimum atomic E-state index is -1.39. The number of alkyl halides is 2. The number of halogens is 2. The van der Waals surface area contributed by atoms with Gasteiger partial charge in [-0.05, 0) is 88.3 Å². The van der Waals surface area contributed by atoms with Crippen molar-refractivity contribution in [3.8, 4) is 5.75 Å². The summed E-state index contributed by atoms with van der Waals surface area (Å²) in [5.41, 5.74) is 3.91. The Morgan fingerprint density at radius 1 is 0.818 bits per heavy atom. The van der Waals surface area contributed by atoms with Gasteiger partial charge in [0.25, 0.3) is 0 Å². The average molecular weight is 599 g/mol. The maximum atomic E-state index is 6.65. The molecule has 3 aliphatic carbocycles. The Balaban J connectivity index is 0.00000306. The fourth-order valence-electron chi connectivity index (χ4n) is 6.93. The zero-order chi connectivity index (χ0) is 22.6. The molecule has 3 fully saturated rings. The second-order valence-corrected chi connectivity index (χ2v) is 16.8. The summed E-state index contributed by atoms with van der Waals surface area (Å²) in [7, 11) is 0. The molecule has 0 amide bonds. The zero-order valence-electron chi connectivity index (χ0n) is 20.6. The van der Waals surface area contributed by atoms with Crippen LogP contribution in [0, 0.1) is 0 Å². The van der Waals surface area contributed by atoms with E-state index in [4.69, 9.17) is 27.9 Å². The Bertz CT molecular complexity index is 765. The van der Waals surface area contributed by atoms with Gasteiger partial charge in [0, 0.05) is 5.56 Å². The quantitative estimate of drug-likeness (QED) is 0.180. The number of rotatable bonds is 6. The van der Waals surface area contributed by atoms with E-state index in [1.807, 2.05) is 0 Å². The normalized spacial score (nSPS) is 23.2. The van der Waals surface area contributed by atoms with E-state index in [1.165, 1.54) is 82.6 Å². The predicted molar refractivity (Wildman–Crippen MR) is 145 cm³/mol. The molecule has 0 saturated heterocycles. The van der Waals surface area contributed by atoms with Gasteiger partial charge in [-0.15, -0.1) is 23.2 Å². The van der Waals surface area contributed by atoms with Crippen molar-refractivity contribution < 1.29 is 24.2 Å². The summed E-state index contributed by atoms with van der Waals surface area (Å²) >= 11 is 13.3. The minimum Gasteiger partial charge on any atom is -0.490 e. The molecule has 0 atom stereocenters. The molecule has 3 aliphatic rings. The van der Waals surface area contributed by atoms with Crippen molar-refractivity contribution in [2.24, 2.45) is 0 Å². The van der Waals surface area contributed by atoms with Crippen LogP contribution in [0.2, 0.25) is 0 Å². The molecular formula is C28H43Cl2OPRu+2. The van der Waals surface area contributed by atoms with Crippen LogP contribution in [-0.2, 0) is 19.5 Å². The van der Waals surface area contributed by atoms with E-state index < -0.39 is 11.2 Å². The molecule has 1 aromatic rings. The van der Waals surface area contributed by atoms with Crippen LogP contribution < -0.4 is 4.74 Å². The van der Waals surface area contributed by atoms with Crippen LogP contribution >= 0.6 is 30.1 Å². The van der Waals surface area contributed by atoms with Crippen molar-refractivity contribution in [1.82, 2.24) is 0 Å². The summed E-state index contributed by atoms with van der Waals surface area (Å²) in [5.74, 6) is 3.93. The smallest absolute Gasteiger partial charge is 0.490 e. The Hall–Kier alpha value is 0.523. The molecule has 0 unspecified atom stereocenters. The standard InChI is InChI=1S/C28H43Cl2OP.Ru/c1-22(2)31-27-16-10-9-11-23(27)21-32(24-12-5-3-6-13-24,25-14-7-4-8-15-25)26-17-19-28(29,30)20-18-26;/h9-11,16,21-22,24-26H,3-8,12-15,17-20H2,1-2H3;/q;+2. The summed E-state index contributed by atoms with van der Waals surface area (Å²) < 4.78 is 5.82. The summed E-state index contributed by atoms with van der Waals surface area (Å²) in [6.07, 6.45) is 18.7. The Morgan fingerprint density at radius 2 is 1.30 bits per heavy atom. The van der Waals surface area contributed by atoms with Gasteiger partial charge in [0.05, 0.1) is 6.10 Å². The maximum Gasteiger partial charge on any atom is 2.00 e. The van der Waals surface area contributed by atoms with Crippen molar-refractivity contribution in [2.75, 3.05) is 0 Å². The molecule has 1 aromatic carbocycles. The van der Waals surface area contributed by atoms with Gasteiger partial charge in [0.15, 0.2) is 0 Å². The van der Waals surface area contributed by atoms with Gasteiger partial charge >= 0.3 is 19.5 Å². The molecule has 0 bridgehead atoms. The topological polar surface area (TPSA) is 9.23 Å². The third-order valence-corrected chi connectivity index (χ3v) is 15.2. The van der Waals surface area contributed by atoms with Crippen LogP contribution in [0.1, 0.15) is 109 Å². The van der Waals surface area contributed by atoms with Gasteiger partial charge in [0.2, 0.25) is 0 Å². The molecule has 3 saturated carbocycles. The molecule has 33 heavy (non-hydrogen) atoms. The summed E-state index contributed by atoms with van der Waals surface area (Å²) in [6.45, 7) is 2.89. The number of ether oxygens (including phenoxy) is 1. The van der Waals surface area contributed by atoms with E-state index in [1.54, 1.807) is 0 Å². The molecule has 0 aromatic heterocycles. The van der Waals surface area contributed by atoms with Crippen molar-refractivity contribution in [3.63, 3.8) is 0 Å². The third kappa shape index (κ3) is 6.85. The summed E-state index contributed by atoms with van der Waals surface area (Å²) in [5, 5.41) is 0. The molecule has 1 nitrogen and oxygen atoms in total. The second-order valence-electron chi connectivity index (χ2n) is 10.9. The third-order valence-electron chi connectivity index (χ3n) is 8.38. The van der Waals surface area contributed by atoms with E-state index in [2.05, 4.69) is 43.9 Å². The van der Waals surface area contributed by atoms with Crippen LogP contribution in [0.3, 0.4) is 0 Å². The summed E-state index contributed by atoms with van der Waals surface area (Å²) in [4.78, 5) is 0. The van der Waals surface area contributed by atoms with Crippen LogP contribution in [0.25, 0.3) is 0 Å². The van der Waals surface area contributed by atoms with E-state index in [0.29, 0.717) is 0 Å². The first-order valence-electron chi connectivity index (χ1n) is 13.3. The average Bonchev–Trinajstić information content (AvgIpc) is 2.80. The molecular weight excluding hydrogens is 555 g/mol. The fourth-order valence-corrected chi connectivity index (χ4v) is 14.2. The molecule has 0 heterocycles. The first-order chi connectivity index (χ1) is 15.4. The van der Waals surface area contributed by atoms with Crippen molar-refractivity contribution >= 4 is 35.9 Å². The van der Waals surface area contributed by atoms with Crippen molar-refractivity contribution in [2.45, 2.75) is 131 Å². The first-order valence-corrected chi connectivity index (χ1v) is 16.1. The monoisotopic (exact) mass is 598 g/mol.